The van der Waals surface area contributed by atoms with Gasteiger partial charge >= 0.3 is 0 Å². The summed E-state index contributed by atoms with van der Waals surface area (Å²) in [7, 11) is 0. The van der Waals surface area contributed by atoms with Crippen molar-refractivity contribution >= 4 is 34.0 Å². The van der Waals surface area contributed by atoms with Gasteiger partial charge in [-0.05, 0) is 36.3 Å². The molecule has 1 amide bonds. The van der Waals surface area contributed by atoms with E-state index in [1.807, 2.05) is 30.5 Å². The minimum atomic E-state index is -0.711. The number of halogens is 3. The number of hydrogen-bond acceptors (Lipinski definition) is 1. The van der Waals surface area contributed by atoms with Crippen molar-refractivity contribution in [2.24, 2.45) is 0 Å². The molecule has 3 aromatic rings. The molecule has 132 valence electrons. The smallest absolute Gasteiger partial charge is 0.257 e. The Morgan fingerprint density at radius 2 is 2.04 bits per heavy atom. The lowest BCUT2D eigenvalue weighted by Crippen LogP contribution is -2.35. The van der Waals surface area contributed by atoms with Crippen molar-refractivity contribution in [2.75, 3.05) is 13.1 Å². The van der Waals surface area contributed by atoms with Gasteiger partial charge in [-0.25, -0.2) is 8.78 Å². The van der Waals surface area contributed by atoms with Crippen LogP contribution in [0.5, 0.6) is 0 Å². The Hall–Kier alpha value is -2.66. The number of fused-ring (bicyclic) bond motifs is 1. The minimum absolute atomic E-state index is 0.235. The number of aromatic nitrogens is 1. The van der Waals surface area contributed by atoms with Crippen LogP contribution in [0, 0.1) is 11.6 Å². The van der Waals surface area contributed by atoms with Gasteiger partial charge < -0.3 is 9.88 Å². The second-order valence-corrected chi connectivity index (χ2v) is 6.63. The van der Waals surface area contributed by atoms with Crippen LogP contribution in [0.15, 0.2) is 48.7 Å². The molecule has 0 aliphatic carbocycles. The van der Waals surface area contributed by atoms with Gasteiger partial charge in [0.1, 0.15) is 11.6 Å². The third kappa shape index (κ3) is 2.88. The van der Waals surface area contributed by atoms with E-state index in [2.05, 4.69) is 4.98 Å². The van der Waals surface area contributed by atoms with Gasteiger partial charge in [-0.1, -0.05) is 29.8 Å². The van der Waals surface area contributed by atoms with E-state index in [1.54, 1.807) is 0 Å². The molecule has 0 atom stereocenters. The van der Waals surface area contributed by atoms with Gasteiger partial charge in [0.2, 0.25) is 0 Å². The average Bonchev–Trinajstić information content (AvgIpc) is 3.09. The summed E-state index contributed by atoms with van der Waals surface area (Å²) in [5.41, 5.74) is 2.79. The van der Waals surface area contributed by atoms with Gasteiger partial charge in [-0.15, -0.1) is 0 Å². The van der Waals surface area contributed by atoms with Gasteiger partial charge in [0.15, 0.2) is 0 Å². The first-order valence-electron chi connectivity index (χ1n) is 8.24. The molecule has 1 N–H and O–H groups in total. The van der Waals surface area contributed by atoms with Gasteiger partial charge in [-0.3, -0.25) is 4.79 Å². The van der Waals surface area contributed by atoms with E-state index in [9.17, 15) is 13.6 Å². The molecule has 0 unspecified atom stereocenters. The Bertz CT molecular complexity index is 1040. The molecule has 0 radical (unpaired) electrons. The first kappa shape index (κ1) is 16.8. The number of amides is 1. The fraction of sp³-hybridized carbons (Fsp3) is 0.150. The monoisotopic (exact) mass is 372 g/mol. The number of nitrogens with zero attached hydrogens (tertiary/aromatic N) is 1. The van der Waals surface area contributed by atoms with Crippen LogP contribution in [0.4, 0.5) is 8.78 Å². The lowest BCUT2D eigenvalue weighted by Gasteiger charge is -2.26. The highest BCUT2D eigenvalue weighted by Crippen LogP contribution is 2.32. The minimum Gasteiger partial charge on any atom is -0.359 e. The summed E-state index contributed by atoms with van der Waals surface area (Å²) in [6, 6.07) is 8.64. The number of carbonyl (C=O) groups excluding carboxylic acids is 1. The number of aromatic amines is 1. The molecule has 1 aliphatic rings. The van der Waals surface area contributed by atoms with E-state index in [-0.39, 0.29) is 5.56 Å². The molecule has 0 fully saturated rings. The molecule has 0 saturated carbocycles. The number of rotatable bonds is 2. The van der Waals surface area contributed by atoms with Crippen molar-refractivity contribution in [3.63, 3.8) is 0 Å². The zero-order chi connectivity index (χ0) is 18.3. The fourth-order valence-corrected chi connectivity index (χ4v) is 3.54. The Labute approximate surface area is 153 Å². The summed E-state index contributed by atoms with van der Waals surface area (Å²) < 4.78 is 27.2. The summed E-state index contributed by atoms with van der Waals surface area (Å²) in [6.07, 6.45) is 4.48. The zero-order valence-corrected chi connectivity index (χ0v) is 14.5. The Balaban J connectivity index is 1.59. The van der Waals surface area contributed by atoms with Crippen LogP contribution < -0.4 is 0 Å². The first-order chi connectivity index (χ1) is 12.5. The molecule has 2 aromatic carbocycles. The van der Waals surface area contributed by atoms with E-state index in [0.717, 1.165) is 40.2 Å². The SMILES string of the molecule is O=C(c1cc(F)ccc1F)N1CC=C(c2c[nH]c3c(Cl)cccc23)CC1. The largest absolute Gasteiger partial charge is 0.359 e. The molecule has 6 heteroatoms. The molecule has 3 nitrogen and oxygen atoms in total. The van der Waals surface area contributed by atoms with Crippen LogP contribution in [0.1, 0.15) is 22.3 Å². The van der Waals surface area contributed by atoms with Crippen molar-refractivity contribution in [2.45, 2.75) is 6.42 Å². The van der Waals surface area contributed by atoms with Crippen LogP contribution in [0.25, 0.3) is 16.5 Å². The van der Waals surface area contributed by atoms with E-state index >= 15 is 0 Å². The quantitative estimate of drug-likeness (QED) is 0.673. The standard InChI is InChI=1S/C20H15ClF2N2O/c21-17-3-1-2-14-16(11-24-19(14)17)12-6-8-25(9-7-12)20(26)15-10-13(22)4-5-18(15)23/h1-6,10-11,24H,7-9H2. The maximum Gasteiger partial charge on any atom is 0.257 e. The molecule has 4 rings (SSSR count). The highest BCUT2D eigenvalue weighted by Gasteiger charge is 2.23. The van der Waals surface area contributed by atoms with E-state index in [4.69, 9.17) is 11.6 Å². The van der Waals surface area contributed by atoms with Gasteiger partial charge in [-0.2, -0.15) is 0 Å². The molecule has 0 bridgehead atoms. The van der Waals surface area contributed by atoms with Gasteiger partial charge in [0.05, 0.1) is 16.1 Å². The fourth-order valence-electron chi connectivity index (χ4n) is 3.31. The molecule has 0 saturated heterocycles. The van der Waals surface area contributed by atoms with E-state index in [1.165, 1.54) is 4.90 Å². The summed E-state index contributed by atoms with van der Waals surface area (Å²) in [5, 5.41) is 1.68. The highest BCUT2D eigenvalue weighted by molar-refractivity contribution is 6.35. The van der Waals surface area contributed by atoms with Crippen LogP contribution in [0.2, 0.25) is 5.02 Å². The number of nitrogens with one attached hydrogen (secondary N) is 1. The number of H-pyrrole nitrogens is 1. The predicted octanol–water partition coefficient (Wildman–Crippen LogP) is 5.03. The summed E-state index contributed by atoms with van der Waals surface area (Å²) in [6.45, 7) is 0.783. The van der Waals surface area contributed by atoms with Crippen LogP contribution in [-0.2, 0) is 0 Å². The van der Waals surface area contributed by atoms with E-state index < -0.39 is 17.5 Å². The Kier molecular flexibility index (Phi) is 4.24. The average molecular weight is 373 g/mol. The predicted molar refractivity (Wildman–Crippen MR) is 98.2 cm³/mol. The second kappa shape index (κ2) is 6.57. The number of hydrogen-bond donors (Lipinski definition) is 1. The van der Waals surface area contributed by atoms with Crippen LogP contribution in [-0.4, -0.2) is 28.9 Å². The normalized spacial score (nSPS) is 14.6. The van der Waals surface area contributed by atoms with Crippen molar-refractivity contribution in [1.82, 2.24) is 9.88 Å². The lowest BCUT2D eigenvalue weighted by atomic mass is 9.98. The summed E-state index contributed by atoms with van der Waals surface area (Å²) in [4.78, 5) is 17.2. The van der Waals surface area contributed by atoms with Crippen LogP contribution in [0.3, 0.4) is 0 Å². The van der Waals surface area contributed by atoms with Crippen molar-refractivity contribution in [1.29, 1.82) is 0 Å². The summed E-state index contributed by atoms with van der Waals surface area (Å²) >= 11 is 6.20. The maximum absolute atomic E-state index is 13.8. The molecular weight excluding hydrogens is 358 g/mol. The zero-order valence-electron chi connectivity index (χ0n) is 13.7. The Morgan fingerprint density at radius 3 is 2.81 bits per heavy atom. The van der Waals surface area contributed by atoms with Crippen molar-refractivity contribution in [3.8, 4) is 0 Å². The van der Waals surface area contributed by atoms with E-state index in [0.29, 0.717) is 24.5 Å². The highest BCUT2D eigenvalue weighted by atomic mass is 35.5. The molecule has 2 heterocycles. The van der Waals surface area contributed by atoms with Crippen molar-refractivity contribution in [3.05, 3.63) is 76.5 Å². The second-order valence-electron chi connectivity index (χ2n) is 6.22. The van der Waals surface area contributed by atoms with Gasteiger partial charge in [0.25, 0.3) is 5.91 Å². The maximum atomic E-state index is 13.8. The Morgan fingerprint density at radius 1 is 1.19 bits per heavy atom. The molecule has 1 aliphatic heterocycles. The first-order valence-corrected chi connectivity index (χ1v) is 8.61. The van der Waals surface area contributed by atoms with Crippen molar-refractivity contribution < 1.29 is 13.6 Å². The molecule has 26 heavy (non-hydrogen) atoms. The molecule has 0 spiro atoms. The summed E-state index contributed by atoms with van der Waals surface area (Å²) in [5.74, 6) is -1.84. The number of carbonyl (C=O) groups is 1. The third-order valence-corrected chi connectivity index (χ3v) is 4.98. The van der Waals surface area contributed by atoms with Gasteiger partial charge in [0, 0.05) is 30.2 Å². The molecular formula is C20H15ClF2N2O. The van der Waals surface area contributed by atoms with Crippen LogP contribution >= 0.6 is 11.6 Å². The topological polar surface area (TPSA) is 36.1 Å². The number of para-hydroxylation sites is 1. The molecule has 1 aromatic heterocycles. The third-order valence-electron chi connectivity index (χ3n) is 4.67. The number of benzene rings is 2. The lowest BCUT2D eigenvalue weighted by molar-refractivity contribution is 0.0767.